The zero-order chi connectivity index (χ0) is 29.8. The van der Waals surface area contributed by atoms with Crippen molar-refractivity contribution in [1.82, 2.24) is 14.1 Å². The topological polar surface area (TPSA) is 39.8 Å². The Labute approximate surface area is 255 Å². The summed E-state index contributed by atoms with van der Waals surface area (Å²) in [6.07, 6.45) is 3.74. The van der Waals surface area contributed by atoms with E-state index in [2.05, 4.69) is 120 Å². The molecule has 4 heteroatoms. The van der Waals surface area contributed by atoms with Gasteiger partial charge in [0.25, 0.3) is 0 Å². The van der Waals surface area contributed by atoms with Crippen LogP contribution in [-0.2, 0) is 14.1 Å². The van der Waals surface area contributed by atoms with Crippen molar-refractivity contribution in [2.45, 2.75) is 0 Å². The Kier molecular flexibility index (Phi) is 6.02. The largest absolute Gasteiger partial charge is 0.328 e. The number of pyridine rings is 1. The highest BCUT2D eigenvalue weighted by atomic mass is 16.1. The number of imidazole rings is 1. The predicted molar refractivity (Wildman–Crippen MR) is 183 cm³/mol. The molecule has 2 heterocycles. The van der Waals surface area contributed by atoms with Gasteiger partial charge in [-0.2, -0.15) is 0 Å². The van der Waals surface area contributed by atoms with E-state index in [4.69, 9.17) is 0 Å². The summed E-state index contributed by atoms with van der Waals surface area (Å²) in [5.41, 5.74) is 11.1. The molecule has 0 amide bonds. The molecule has 0 bridgehead atoms. The molecule has 0 aliphatic heterocycles. The van der Waals surface area contributed by atoms with Crippen LogP contribution in [-0.4, -0.2) is 14.1 Å². The maximum Gasteiger partial charge on any atom is 0.328 e. The highest BCUT2D eigenvalue weighted by molar-refractivity contribution is 6.22. The van der Waals surface area contributed by atoms with E-state index in [1.807, 2.05) is 38.6 Å². The van der Waals surface area contributed by atoms with Crippen LogP contribution in [0, 0.1) is 0 Å². The average Bonchev–Trinajstić information content (AvgIpc) is 3.30. The second-order valence-electron chi connectivity index (χ2n) is 11.3. The summed E-state index contributed by atoms with van der Waals surface area (Å²) in [5.74, 6) is 0. The van der Waals surface area contributed by atoms with E-state index < -0.39 is 0 Å². The van der Waals surface area contributed by atoms with Gasteiger partial charge in [0, 0.05) is 32.1 Å². The first-order chi connectivity index (χ1) is 21.6. The number of aryl methyl sites for hydroxylation is 2. The number of aromatic nitrogens is 3. The smallest absolute Gasteiger partial charge is 0.295 e. The zero-order valence-corrected chi connectivity index (χ0v) is 24.5. The van der Waals surface area contributed by atoms with Gasteiger partial charge in [-0.1, -0.05) is 103 Å². The standard InChI is InChI=1S/C40H29N3O/c1-42-36-21-19-30(24-37(36)43(2)40(42)44)26-14-16-28(17-15-26)38-32-12-6-7-13-33(32)39(27-9-4-3-5-10-27)35-23-29(18-20-34(35)38)31-11-8-22-41-25-31/h3-25H,1-2H3. The molecule has 0 saturated carbocycles. The van der Waals surface area contributed by atoms with Crippen LogP contribution in [0.1, 0.15) is 0 Å². The third kappa shape index (κ3) is 4.07. The number of nitrogens with zero attached hydrogens (tertiary/aromatic N) is 3. The minimum absolute atomic E-state index is 0.0168. The third-order valence-electron chi connectivity index (χ3n) is 8.86. The average molecular weight is 568 g/mol. The molecular weight excluding hydrogens is 538 g/mol. The van der Waals surface area contributed by atoms with Gasteiger partial charge in [-0.15, -0.1) is 0 Å². The lowest BCUT2D eigenvalue weighted by Crippen LogP contribution is -2.19. The van der Waals surface area contributed by atoms with Gasteiger partial charge in [0.2, 0.25) is 0 Å². The minimum Gasteiger partial charge on any atom is -0.295 e. The van der Waals surface area contributed by atoms with Gasteiger partial charge in [-0.05, 0) is 84.8 Å². The first-order valence-corrected chi connectivity index (χ1v) is 14.8. The fraction of sp³-hybridized carbons (Fsp3) is 0.0500. The minimum atomic E-state index is -0.0168. The Morgan fingerprint density at radius 2 is 1.00 bits per heavy atom. The summed E-state index contributed by atoms with van der Waals surface area (Å²) in [5, 5.41) is 4.87. The van der Waals surface area contributed by atoms with E-state index in [9.17, 15) is 4.79 Å². The first-order valence-electron chi connectivity index (χ1n) is 14.8. The SMILES string of the molecule is Cn1c(=O)n(C)c2cc(-c3ccc(-c4c5ccccc5c(-c5ccccc5)c5cc(-c6cccnc6)ccc45)cc3)ccc21. The summed E-state index contributed by atoms with van der Waals surface area (Å²) in [7, 11) is 3.64. The quantitative estimate of drug-likeness (QED) is 0.199. The van der Waals surface area contributed by atoms with Crippen LogP contribution in [0.15, 0.2) is 145 Å². The Morgan fingerprint density at radius 1 is 0.455 bits per heavy atom. The zero-order valence-electron chi connectivity index (χ0n) is 24.5. The van der Waals surface area contributed by atoms with Gasteiger partial charge in [-0.25, -0.2) is 4.79 Å². The van der Waals surface area contributed by atoms with Crippen LogP contribution >= 0.6 is 0 Å². The second kappa shape index (κ2) is 10.2. The molecule has 8 rings (SSSR count). The molecule has 0 radical (unpaired) electrons. The van der Waals surface area contributed by atoms with Crippen LogP contribution in [0.2, 0.25) is 0 Å². The van der Waals surface area contributed by atoms with Crippen molar-refractivity contribution in [2.24, 2.45) is 14.1 Å². The lowest BCUT2D eigenvalue weighted by molar-refractivity contribution is 0.795. The molecule has 0 N–H and O–H groups in total. The maximum absolute atomic E-state index is 12.5. The van der Waals surface area contributed by atoms with Crippen molar-refractivity contribution in [3.05, 3.63) is 150 Å². The molecule has 44 heavy (non-hydrogen) atoms. The van der Waals surface area contributed by atoms with E-state index in [1.54, 1.807) is 9.13 Å². The third-order valence-corrected chi connectivity index (χ3v) is 8.86. The summed E-state index contributed by atoms with van der Waals surface area (Å²) < 4.78 is 3.40. The fourth-order valence-corrected chi connectivity index (χ4v) is 6.63. The van der Waals surface area contributed by atoms with Crippen molar-refractivity contribution >= 4 is 32.6 Å². The Morgan fingerprint density at radius 3 is 1.73 bits per heavy atom. The van der Waals surface area contributed by atoms with E-state index in [0.717, 1.165) is 38.9 Å². The molecule has 6 aromatic carbocycles. The molecule has 0 unspecified atom stereocenters. The summed E-state index contributed by atoms with van der Waals surface area (Å²) in [6, 6.07) is 45.4. The highest BCUT2D eigenvalue weighted by Gasteiger charge is 2.18. The molecule has 4 nitrogen and oxygen atoms in total. The van der Waals surface area contributed by atoms with Crippen molar-refractivity contribution < 1.29 is 0 Å². The normalized spacial score (nSPS) is 11.5. The Bertz CT molecular complexity index is 2400. The molecule has 0 fully saturated rings. The van der Waals surface area contributed by atoms with Gasteiger partial charge in [0.05, 0.1) is 11.0 Å². The fourth-order valence-electron chi connectivity index (χ4n) is 6.63. The first kappa shape index (κ1) is 25.9. The van der Waals surface area contributed by atoms with Gasteiger partial charge >= 0.3 is 5.69 Å². The molecule has 2 aromatic heterocycles. The van der Waals surface area contributed by atoms with Crippen molar-refractivity contribution in [3.8, 4) is 44.5 Å². The number of benzene rings is 6. The van der Waals surface area contributed by atoms with E-state index >= 15 is 0 Å². The van der Waals surface area contributed by atoms with E-state index in [1.165, 1.54) is 38.2 Å². The number of fused-ring (bicyclic) bond motifs is 3. The number of hydrogen-bond acceptors (Lipinski definition) is 2. The van der Waals surface area contributed by atoms with Crippen LogP contribution in [0.5, 0.6) is 0 Å². The van der Waals surface area contributed by atoms with Crippen LogP contribution < -0.4 is 5.69 Å². The number of rotatable bonds is 4. The van der Waals surface area contributed by atoms with Gasteiger partial charge < -0.3 is 0 Å². The molecule has 210 valence electrons. The lowest BCUT2D eigenvalue weighted by Gasteiger charge is -2.19. The monoisotopic (exact) mass is 567 g/mol. The molecule has 0 aliphatic rings. The molecule has 0 aliphatic carbocycles. The molecule has 8 aromatic rings. The molecule has 0 spiro atoms. The van der Waals surface area contributed by atoms with Crippen molar-refractivity contribution in [3.63, 3.8) is 0 Å². The molecule has 0 saturated heterocycles. The predicted octanol–water partition coefficient (Wildman–Crippen LogP) is 9.25. The Balaban J connectivity index is 1.35. The number of hydrogen-bond donors (Lipinski definition) is 0. The highest BCUT2D eigenvalue weighted by Crippen LogP contribution is 2.45. The Hall–Kier alpha value is -5.74. The summed E-state index contributed by atoms with van der Waals surface area (Å²) in [4.78, 5) is 16.9. The maximum atomic E-state index is 12.5. The van der Waals surface area contributed by atoms with E-state index in [0.29, 0.717) is 0 Å². The van der Waals surface area contributed by atoms with Crippen molar-refractivity contribution in [1.29, 1.82) is 0 Å². The van der Waals surface area contributed by atoms with Gasteiger partial charge in [0.15, 0.2) is 0 Å². The van der Waals surface area contributed by atoms with Crippen LogP contribution in [0.3, 0.4) is 0 Å². The molecule has 0 atom stereocenters. The van der Waals surface area contributed by atoms with Gasteiger partial charge in [0.1, 0.15) is 0 Å². The van der Waals surface area contributed by atoms with Crippen LogP contribution in [0.25, 0.3) is 77.1 Å². The van der Waals surface area contributed by atoms with E-state index in [-0.39, 0.29) is 5.69 Å². The van der Waals surface area contributed by atoms with Crippen LogP contribution in [0.4, 0.5) is 0 Å². The van der Waals surface area contributed by atoms with Crippen molar-refractivity contribution in [2.75, 3.05) is 0 Å². The summed E-state index contributed by atoms with van der Waals surface area (Å²) in [6.45, 7) is 0. The summed E-state index contributed by atoms with van der Waals surface area (Å²) >= 11 is 0. The lowest BCUT2D eigenvalue weighted by atomic mass is 9.84. The molecular formula is C40H29N3O. The second-order valence-corrected chi connectivity index (χ2v) is 11.3. The van der Waals surface area contributed by atoms with Gasteiger partial charge in [-0.3, -0.25) is 14.1 Å².